The minimum atomic E-state index is -0.382. The standard InChI is InChI=1S/C9H11BrN2O2/c1-2-14-9(13)7-4-3-6(10)5-8(7)12-11/h3-5,12H,2,11H2,1H3. The Hall–Kier alpha value is -1.07. The van der Waals surface area contributed by atoms with Crippen molar-refractivity contribution in [3.05, 3.63) is 28.2 Å². The molecule has 0 spiro atoms. The van der Waals surface area contributed by atoms with E-state index in [-0.39, 0.29) is 5.97 Å². The summed E-state index contributed by atoms with van der Waals surface area (Å²) in [4.78, 5) is 11.4. The summed E-state index contributed by atoms with van der Waals surface area (Å²) in [5.41, 5.74) is 3.41. The fourth-order valence-corrected chi connectivity index (χ4v) is 1.38. The number of nitrogens with one attached hydrogen (secondary N) is 1. The number of nitrogens with two attached hydrogens (primary N) is 1. The van der Waals surface area contributed by atoms with Gasteiger partial charge in [0.15, 0.2) is 0 Å². The average Bonchev–Trinajstić information content (AvgIpc) is 2.17. The summed E-state index contributed by atoms with van der Waals surface area (Å²) in [5, 5.41) is 0. The van der Waals surface area contributed by atoms with E-state index < -0.39 is 0 Å². The van der Waals surface area contributed by atoms with Crippen LogP contribution in [0.3, 0.4) is 0 Å². The van der Waals surface area contributed by atoms with Crippen LogP contribution in [-0.4, -0.2) is 12.6 Å². The van der Waals surface area contributed by atoms with E-state index in [4.69, 9.17) is 10.6 Å². The van der Waals surface area contributed by atoms with Gasteiger partial charge >= 0.3 is 5.97 Å². The van der Waals surface area contributed by atoms with E-state index in [9.17, 15) is 4.79 Å². The highest BCUT2D eigenvalue weighted by atomic mass is 79.9. The topological polar surface area (TPSA) is 64.3 Å². The third kappa shape index (κ3) is 2.46. The molecule has 14 heavy (non-hydrogen) atoms. The van der Waals surface area contributed by atoms with Gasteiger partial charge in [0.25, 0.3) is 0 Å². The SMILES string of the molecule is CCOC(=O)c1ccc(Br)cc1NN. The number of benzene rings is 1. The smallest absolute Gasteiger partial charge is 0.340 e. The van der Waals surface area contributed by atoms with E-state index in [2.05, 4.69) is 21.4 Å². The maximum atomic E-state index is 11.4. The summed E-state index contributed by atoms with van der Waals surface area (Å²) in [6.07, 6.45) is 0. The minimum absolute atomic E-state index is 0.346. The Labute approximate surface area is 90.5 Å². The Bertz CT molecular complexity index is 342. The Morgan fingerprint density at radius 3 is 2.93 bits per heavy atom. The Balaban J connectivity index is 3.01. The number of nitrogen functional groups attached to an aromatic ring is 1. The highest BCUT2D eigenvalue weighted by Crippen LogP contribution is 2.21. The molecule has 0 fully saturated rings. The van der Waals surface area contributed by atoms with Gasteiger partial charge in [-0.1, -0.05) is 15.9 Å². The molecule has 0 aliphatic carbocycles. The average molecular weight is 259 g/mol. The van der Waals surface area contributed by atoms with Crippen molar-refractivity contribution < 1.29 is 9.53 Å². The number of ether oxygens (including phenoxy) is 1. The van der Waals surface area contributed by atoms with Crippen molar-refractivity contribution in [2.45, 2.75) is 6.92 Å². The van der Waals surface area contributed by atoms with Crippen molar-refractivity contribution in [3.63, 3.8) is 0 Å². The summed E-state index contributed by atoms with van der Waals surface area (Å²) in [6, 6.07) is 5.12. The maximum absolute atomic E-state index is 11.4. The van der Waals surface area contributed by atoms with Crippen molar-refractivity contribution in [2.75, 3.05) is 12.0 Å². The minimum Gasteiger partial charge on any atom is -0.462 e. The van der Waals surface area contributed by atoms with Crippen LogP contribution in [0.5, 0.6) is 0 Å². The molecule has 1 aromatic rings. The predicted octanol–water partition coefficient (Wildman–Crippen LogP) is 1.91. The summed E-state index contributed by atoms with van der Waals surface area (Å²) < 4.78 is 5.71. The molecule has 0 unspecified atom stereocenters. The number of rotatable bonds is 3. The molecule has 76 valence electrons. The zero-order valence-corrected chi connectivity index (χ0v) is 9.30. The highest BCUT2D eigenvalue weighted by Gasteiger charge is 2.11. The molecule has 0 saturated carbocycles. The fourth-order valence-electron chi connectivity index (χ4n) is 1.02. The number of hydrazine groups is 1. The van der Waals surface area contributed by atoms with Crippen molar-refractivity contribution >= 4 is 27.6 Å². The lowest BCUT2D eigenvalue weighted by molar-refractivity contribution is 0.0527. The van der Waals surface area contributed by atoms with E-state index in [0.29, 0.717) is 17.9 Å². The van der Waals surface area contributed by atoms with Gasteiger partial charge in [0.2, 0.25) is 0 Å². The van der Waals surface area contributed by atoms with Gasteiger partial charge in [0, 0.05) is 4.47 Å². The number of esters is 1. The van der Waals surface area contributed by atoms with Crippen LogP contribution in [-0.2, 0) is 4.74 Å². The summed E-state index contributed by atoms with van der Waals surface area (Å²) >= 11 is 3.28. The fraction of sp³-hybridized carbons (Fsp3) is 0.222. The van der Waals surface area contributed by atoms with Crippen LogP contribution in [0.15, 0.2) is 22.7 Å². The van der Waals surface area contributed by atoms with Crippen LogP contribution < -0.4 is 11.3 Å². The number of halogens is 1. The molecule has 0 aromatic heterocycles. The molecule has 0 saturated heterocycles. The van der Waals surface area contributed by atoms with E-state index in [1.165, 1.54) is 0 Å². The highest BCUT2D eigenvalue weighted by molar-refractivity contribution is 9.10. The molecule has 3 N–H and O–H groups in total. The molecule has 0 aliphatic rings. The first kappa shape index (κ1) is 11.0. The number of anilines is 1. The molecule has 1 rings (SSSR count). The molecule has 0 atom stereocenters. The van der Waals surface area contributed by atoms with Crippen molar-refractivity contribution in [1.82, 2.24) is 0 Å². The second-order valence-corrected chi connectivity index (χ2v) is 3.47. The normalized spacial score (nSPS) is 9.64. The lowest BCUT2D eigenvalue weighted by Gasteiger charge is -2.08. The molecule has 0 amide bonds. The van der Waals surface area contributed by atoms with Crippen LogP contribution >= 0.6 is 15.9 Å². The quantitative estimate of drug-likeness (QED) is 0.494. The van der Waals surface area contributed by atoms with Crippen LogP contribution in [0.1, 0.15) is 17.3 Å². The molecule has 0 bridgehead atoms. The lowest BCUT2D eigenvalue weighted by Crippen LogP contribution is -2.13. The Morgan fingerprint density at radius 2 is 2.36 bits per heavy atom. The number of carbonyl (C=O) groups is 1. The zero-order valence-electron chi connectivity index (χ0n) is 7.71. The monoisotopic (exact) mass is 258 g/mol. The molecular weight excluding hydrogens is 248 g/mol. The Morgan fingerprint density at radius 1 is 1.64 bits per heavy atom. The van der Waals surface area contributed by atoms with E-state index in [1.54, 1.807) is 25.1 Å². The van der Waals surface area contributed by atoms with Crippen LogP contribution in [0.4, 0.5) is 5.69 Å². The van der Waals surface area contributed by atoms with E-state index >= 15 is 0 Å². The molecular formula is C9H11BrN2O2. The molecule has 1 aromatic carbocycles. The first-order valence-corrected chi connectivity index (χ1v) is 4.91. The van der Waals surface area contributed by atoms with Gasteiger partial charge in [-0.2, -0.15) is 0 Å². The predicted molar refractivity (Wildman–Crippen MR) is 57.9 cm³/mol. The second kappa shape index (κ2) is 4.97. The first-order chi connectivity index (χ1) is 6.69. The first-order valence-electron chi connectivity index (χ1n) is 4.12. The molecule has 4 nitrogen and oxygen atoms in total. The second-order valence-electron chi connectivity index (χ2n) is 2.55. The molecule has 0 radical (unpaired) electrons. The van der Waals surface area contributed by atoms with Gasteiger partial charge in [-0.05, 0) is 25.1 Å². The number of hydrogen-bond donors (Lipinski definition) is 2. The van der Waals surface area contributed by atoms with Gasteiger partial charge in [0.05, 0.1) is 17.9 Å². The van der Waals surface area contributed by atoms with Crippen LogP contribution in [0.2, 0.25) is 0 Å². The molecule has 5 heteroatoms. The van der Waals surface area contributed by atoms with Gasteiger partial charge in [0.1, 0.15) is 0 Å². The van der Waals surface area contributed by atoms with E-state index in [1.807, 2.05) is 0 Å². The van der Waals surface area contributed by atoms with Gasteiger partial charge in [-0.25, -0.2) is 4.79 Å². The van der Waals surface area contributed by atoms with Crippen LogP contribution in [0, 0.1) is 0 Å². The summed E-state index contributed by atoms with van der Waals surface area (Å²) in [6.45, 7) is 2.10. The number of carbonyl (C=O) groups excluding carboxylic acids is 1. The summed E-state index contributed by atoms with van der Waals surface area (Å²) in [5.74, 6) is 4.89. The van der Waals surface area contributed by atoms with Gasteiger partial charge in [-0.3, -0.25) is 5.84 Å². The summed E-state index contributed by atoms with van der Waals surface area (Å²) in [7, 11) is 0. The van der Waals surface area contributed by atoms with Crippen molar-refractivity contribution in [1.29, 1.82) is 0 Å². The third-order valence-corrected chi connectivity index (χ3v) is 2.13. The lowest BCUT2D eigenvalue weighted by atomic mass is 10.2. The van der Waals surface area contributed by atoms with Gasteiger partial charge < -0.3 is 10.2 Å². The molecule has 0 heterocycles. The van der Waals surface area contributed by atoms with E-state index in [0.717, 1.165) is 4.47 Å². The van der Waals surface area contributed by atoms with Crippen LogP contribution in [0.25, 0.3) is 0 Å². The number of hydrogen-bond acceptors (Lipinski definition) is 4. The third-order valence-electron chi connectivity index (χ3n) is 1.63. The van der Waals surface area contributed by atoms with Crippen molar-refractivity contribution in [2.24, 2.45) is 5.84 Å². The van der Waals surface area contributed by atoms with Crippen molar-refractivity contribution in [3.8, 4) is 0 Å². The van der Waals surface area contributed by atoms with Gasteiger partial charge in [-0.15, -0.1) is 0 Å². The molecule has 0 aliphatic heterocycles. The maximum Gasteiger partial charge on any atom is 0.340 e. The zero-order chi connectivity index (χ0) is 10.6. The largest absolute Gasteiger partial charge is 0.462 e. The Kier molecular flexibility index (Phi) is 3.91.